The topological polar surface area (TPSA) is 0 Å². The van der Waals surface area contributed by atoms with Gasteiger partial charge in [-0.25, -0.2) is 0 Å². The lowest BCUT2D eigenvalue weighted by Gasteiger charge is -2.60. The summed E-state index contributed by atoms with van der Waals surface area (Å²) >= 11 is 1.97. The second-order valence-electron chi connectivity index (χ2n) is 5.27. The van der Waals surface area contributed by atoms with E-state index in [-0.39, 0.29) is 0 Å². The van der Waals surface area contributed by atoms with Crippen LogP contribution in [-0.2, 0) is 0 Å². The summed E-state index contributed by atoms with van der Waals surface area (Å²) in [7, 11) is 0. The molecular formula is C12H20S. The number of rotatable bonds is 2. The highest BCUT2D eigenvalue weighted by molar-refractivity contribution is 7.98. The van der Waals surface area contributed by atoms with Crippen LogP contribution in [0, 0.1) is 23.2 Å². The molecule has 3 unspecified atom stereocenters. The fourth-order valence-electron chi connectivity index (χ4n) is 3.20. The van der Waals surface area contributed by atoms with Crippen LogP contribution in [0.5, 0.6) is 0 Å². The number of hydrogen-bond donors (Lipinski definition) is 0. The molecule has 0 saturated heterocycles. The third kappa shape index (κ3) is 1.27. The van der Waals surface area contributed by atoms with Crippen molar-refractivity contribution in [3.63, 3.8) is 0 Å². The van der Waals surface area contributed by atoms with Gasteiger partial charge in [-0.3, -0.25) is 0 Å². The SMILES string of the molecule is C=C1C(CSC)CC2CC1C2(C)C. The van der Waals surface area contributed by atoms with Crippen LogP contribution in [-0.4, -0.2) is 12.0 Å². The van der Waals surface area contributed by atoms with Gasteiger partial charge in [0.25, 0.3) is 0 Å². The Bertz CT molecular complexity index is 229. The number of allylic oxidation sites excluding steroid dienone is 1. The highest BCUT2D eigenvalue weighted by Crippen LogP contribution is 2.62. The molecule has 3 aliphatic rings. The van der Waals surface area contributed by atoms with Crippen molar-refractivity contribution in [2.45, 2.75) is 26.7 Å². The number of fused-ring (bicyclic) bond motifs is 2. The lowest BCUT2D eigenvalue weighted by molar-refractivity contribution is -0.0430. The minimum atomic E-state index is 0.575. The molecule has 1 heteroatoms. The smallest absolute Gasteiger partial charge is 0.000445 e. The van der Waals surface area contributed by atoms with E-state index in [9.17, 15) is 0 Å². The van der Waals surface area contributed by atoms with Gasteiger partial charge in [-0.15, -0.1) is 0 Å². The third-order valence-corrected chi connectivity index (χ3v) is 5.12. The summed E-state index contributed by atoms with van der Waals surface area (Å²) in [6, 6.07) is 0. The Hall–Kier alpha value is 0.0900. The molecule has 3 rings (SSSR count). The number of hydrogen-bond acceptors (Lipinski definition) is 1. The van der Waals surface area contributed by atoms with Crippen molar-refractivity contribution in [3.05, 3.63) is 12.2 Å². The first-order valence-corrected chi connectivity index (χ1v) is 6.64. The van der Waals surface area contributed by atoms with Crippen molar-refractivity contribution in [1.82, 2.24) is 0 Å². The van der Waals surface area contributed by atoms with E-state index in [0.29, 0.717) is 5.41 Å². The highest BCUT2D eigenvalue weighted by atomic mass is 32.2. The second-order valence-corrected chi connectivity index (χ2v) is 6.18. The molecular weight excluding hydrogens is 176 g/mol. The summed E-state index contributed by atoms with van der Waals surface area (Å²) in [6.45, 7) is 9.16. The van der Waals surface area contributed by atoms with Crippen molar-refractivity contribution >= 4 is 11.8 Å². The maximum absolute atomic E-state index is 4.32. The minimum Gasteiger partial charge on any atom is -0.165 e. The Morgan fingerprint density at radius 2 is 2.15 bits per heavy atom. The van der Waals surface area contributed by atoms with E-state index < -0.39 is 0 Å². The monoisotopic (exact) mass is 196 g/mol. The summed E-state index contributed by atoms with van der Waals surface area (Å²) in [4.78, 5) is 0. The molecule has 0 aromatic rings. The van der Waals surface area contributed by atoms with Crippen molar-refractivity contribution in [3.8, 4) is 0 Å². The molecule has 0 nitrogen and oxygen atoms in total. The van der Waals surface area contributed by atoms with E-state index in [1.807, 2.05) is 11.8 Å². The fraction of sp³-hybridized carbons (Fsp3) is 0.833. The van der Waals surface area contributed by atoms with E-state index >= 15 is 0 Å². The molecule has 74 valence electrons. The predicted molar refractivity (Wildman–Crippen MR) is 61.0 cm³/mol. The molecule has 3 atom stereocenters. The lowest BCUT2D eigenvalue weighted by Crippen LogP contribution is -2.52. The summed E-state index contributed by atoms with van der Waals surface area (Å²) in [5, 5.41) is 0. The van der Waals surface area contributed by atoms with Gasteiger partial charge >= 0.3 is 0 Å². The molecule has 0 heterocycles. The first-order valence-electron chi connectivity index (χ1n) is 5.25. The zero-order chi connectivity index (χ0) is 9.64. The Labute approximate surface area is 86.2 Å². The Morgan fingerprint density at radius 1 is 1.46 bits per heavy atom. The van der Waals surface area contributed by atoms with Gasteiger partial charge in [0.2, 0.25) is 0 Å². The molecule has 0 radical (unpaired) electrons. The largest absolute Gasteiger partial charge is 0.165 e. The molecule has 0 aromatic heterocycles. The Kier molecular flexibility index (Phi) is 2.26. The molecule has 3 fully saturated rings. The fourth-order valence-corrected chi connectivity index (χ4v) is 3.95. The standard InChI is InChI=1S/C12H20S/c1-8-9(7-13-4)5-10-6-11(8)12(10,2)3/h9-11H,1,5-7H2,2-4H3. The van der Waals surface area contributed by atoms with E-state index in [1.165, 1.54) is 18.6 Å². The van der Waals surface area contributed by atoms with Crippen molar-refractivity contribution in [2.24, 2.45) is 23.2 Å². The summed E-state index contributed by atoms with van der Waals surface area (Å²) in [5.41, 5.74) is 2.13. The van der Waals surface area contributed by atoms with E-state index in [4.69, 9.17) is 0 Å². The van der Waals surface area contributed by atoms with Crippen LogP contribution in [0.2, 0.25) is 0 Å². The number of thioether (sulfide) groups is 1. The second kappa shape index (κ2) is 3.05. The van der Waals surface area contributed by atoms with Crippen LogP contribution in [0.25, 0.3) is 0 Å². The minimum absolute atomic E-state index is 0.575. The van der Waals surface area contributed by atoms with Crippen LogP contribution in [0.4, 0.5) is 0 Å². The van der Waals surface area contributed by atoms with Gasteiger partial charge in [-0.2, -0.15) is 11.8 Å². The van der Waals surface area contributed by atoms with Crippen molar-refractivity contribution in [1.29, 1.82) is 0 Å². The lowest BCUT2D eigenvalue weighted by atomic mass is 9.45. The summed E-state index contributed by atoms with van der Waals surface area (Å²) in [6.07, 6.45) is 5.04. The van der Waals surface area contributed by atoms with Crippen molar-refractivity contribution < 1.29 is 0 Å². The van der Waals surface area contributed by atoms with Gasteiger partial charge in [0.05, 0.1) is 0 Å². The van der Waals surface area contributed by atoms with E-state index in [0.717, 1.165) is 17.8 Å². The van der Waals surface area contributed by atoms with Crippen LogP contribution >= 0.6 is 11.8 Å². The normalized spacial score (nSPS) is 41.5. The maximum atomic E-state index is 4.32. The van der Waals surface area contributed by atoms with E-state index in [2.05, 4.69) is 26.7 Å². The van der Waals surface area contributed by atoms with Crippen LogP contribution in [0.15, 0.2) is 12.2 Å². The Balaban J connectivity index is 2.08. The highest BCUT2D eigenvalue weighted by Gasteiger charge is 2.54. The molecule has 0 N–H and O–H groups in total. The van der Waals surface area contributed by atoms with E-state index in [1.54, 1.807) is 5.57 Å². The summed E-state index contributed by atoms with van der Waals surface area (Å²) in [5.74, 6) is 3.94. The molecule has 2 bridgehead atoms. The quantitative estimate of drug-likeness (QED) is 0.608. The predicted octanol–water partition coefficient (Wildman–Crippen LogP) is 3.59. The maximum Gasteiger partial charge on any atom is -0.000445 e. The zero-order valence-corrected chi connectivity index (χ0v) is 9.79. The first-order chi connectivity index (χ1) is 6.07. The van der Waals surface area contributed by atoms with Crippen molar-refractivity contribution in [2.75, 3.05) is 12.0 Å². The first kappa shape index (κ1) is 9.64. The molecule has 3 aliphatic carbocycles. The zero-order valence-electron chi connectivity index (χ0n) is 8.97. The van der Waals surface area contributed by atoms with Crippen LogP contribution in [0.3, 0.4) is 0 Å². The van der Waals surface area contributed by atoms with Gasteiger partial charge in [0.1, 0.15) is 0 Å². The van der Waals surface area contributed by atoms with Gasteiger partial charge in [0, 0.05) is 0 Å². The Morgan fingerprint density at radius 3 is 2.62 bits per heavy atom. The molecule has 13 heavy (non-hydrogen) atoms. The molecule has 3 saturated carbocycles. The molecule has 0 spiro atoms. The average Bonchev–Trinajstić information content (AvgIpc) is 2.08. The summed E-state index contributed by atoms with van der Waals surface area (Å²) < 4.78 is 0. The third-order valence-electron chi connectivity index (χ3n) is 4.38. The van der Waals surface area contributed by atoms with Gasteiger partial charge in [0.15, 0.2) is 0 Å². The van der Waals surface area contributed by atoms with Crippen LogP contribution < -0.4 is 0 Å². The molecule has 0 aliphatic heterocycles. The van der Waals surface area contributed by atoms with Crippen LogP contribution in [0.1, 0.15) is 26.7 Å². The average molecular weight is 196 g/mol. The van der Waals surface area contributed by atoms with Gasteiger partial charge < -0.3 is 0 Å². The van der Waals surface area contributed by atoms with Gasteiger partial charge in [-0.05, 0) is 48.0 Å². The van der Waals surface area contributed by atoms with Gasteiger partial charge in [-0.1, -0.05) is 26.0 Å². The molecule has 0 amide bonds. The molecule has 0 aromatic carbocycles.